The van der Waals surface area contributed by atoms with E-state index in [0.717, 1.165) is 37.8 Å². The maximum atomic E-state index is 12.9. The van der Waals surface area contributed by atoms with Gasteiger partial charge in [0.05, 0.1) is 12.1 Å². The van der Waals surface area contributed by atoms with E-state index in [9.17, 15) is 14.3 Å². The number of aliphatic hydroxyl groups is 1. The fourth-order valence-corrected chi connectivity index (χ4v) is 3.48. The Bertz CT molecular complexity index is 506. The Morgan fingerprint density at radius 3 is 2.50 bits per heavy atom. The smallest absolute Gasteiger partial charge is 0.239 e. The SMILES string of the molecule is O=C([C@H]1CCCN1)N1CCC([C@H](O)c2ccc(F)cc2)CC1. The van der Waals surface area contributed by atoms with Crippen molar-refractivity contribution in [1.29, 1.82) is 0 Å². The molecule has 0 unspecified atom stereocenters. The summed E-state index contributed by atoms with van der Waals surface area (Å²) in [5, 5.41) is 13.7. The molecule has 2 aliphatic heterocycles. The predicted octanol–water partition coefficient (Wildman–Crippen LogP) is 1.85. The summed E-state index contributed by atoms with van der Waals surface area (Å²) in [6.07, 6.45) is 2.99. The number of rotatable bonds is 3. The summed E-state index contributed by atoms with van der Waals surface area (Å²) < 4.78 is 12.9. The van der Waals surface area contributed by atoms with E-state index in [1.54, 1.807) is 12.1 Å². The van der Waals surface area contributed by atoms with Crippen molar-refractivity contribution >= 4 is 5.91 Å². The van der Waals surface area contributed by atoms with E-state index in [0.29, 0.717) is 13.1 Å². The second-order valence-corrected chi connectivity index (χ2v) is 6.31. The van der Waals surface area contributed by atoms with Crippen LogP contribution < -0.4 is 5.32 Å². The van der Waals surface area contributed by atoms with E-state index >= 15 is 0 Å². The van der Waals surface area contributed by atoms with Crippen molar-refractivity contribution in [1.82, 2.24) is 10.2 Å². The largest absolute Gasteiger partial charge is 0.388 e. The number of carbonyl (C=O) groups is 1. The third-order valence-electron chi connectivity index (χ3n) is 4.87. The first kappa shape index (κ1) is 15.4. The molecule has 3 rings (SSSR count). The Morgan fingerprint density at radius 1 is 1.23 bits per heavy atom. The van der Waals surface area contributed by atoms with Crippen LogP contribution in [0.1, 0.15) is 37.4 Å². The van der Waals surface area contributed by atoms with E-state index < -0.39 is 6.10 Å². The summed E-state index contributed by atoms with van der Waals surface area (Å²) in [7, 11) is 0. The number of aliphatic hydroxyl groups excluding tert-OH is 1. The Morgan fingerprint density at radius 2 is 1.91 bits per heavy atom. The number of halogens is 1. The predicted molar refractivity (Wildman–Crippen MR) is 81.7 cm³/mol. The molecule has 22 heavy (non-hydrogen) atoms. The molecule has 2 aliphatic rings. The molecule has 1 amide bonds. The number of piperidine rings is 1. The summed E-state index contributed by atoms with van der Waals surface area (Å²) in [5.41, 5.74) is 0.753. The molecule has 0 saturated carbocycles. The van der Waals surface area contributed by atoms with Crippen LogP contribution in [-0.4, -0.2) is 41.6 Å². The first-order valence-electron chi connectivity index (χ1n) is 8.11. The third-order valence-corrected chi connectivity index (χ3v) is 4.87. The van der Waals surface area contributed by atoms with Gasteiger partial charge in [0, 0.05) is 13.1 Å². The minimum absolute atomic E-state index is 0.0152. The number of nitrogens with zero attached hydrogens (tertiary/aromatic N) is 1. The van der Waals surface area contributed by atoms with Crippen molar-refractivity contribution in [3.8, 4) is 0 Å². The molecule has 1 aromatic rings. The Labute approximate surface area is 130 Å². The van der Waals surface area contributed by atoms with E-state index in [-0.39, 0.29) is 23.7 Å². The topological polar surface area (TPSA) is 52.6 Å². The average molecular weight is 306 g/mol. The Balaban J connectivity index is 1.54. The monoisotopic (exact) mass is 306 g/mol. The van der Waals surface area contributed by atoms with Crippen LogP contribution in [0.25, 0.3) is 0 Å². The van der Waals surface area contributed by atoms with Gasteiger partial charge in [0.15, 0.2) is 0 Å². The van der Waals surface area contributed by atoms with Crippen LogP contribution in [0.15, 0.2) is 24.3 Å². The van der Waals surface area contributed by atoms with Gasteiger partial charge in [-0.2, -0.15) is 0 Å². The summed E-state index contributed by atoms with van der Waals surface area (Å²) >= 11 is 0. The highest BCUT2D eigenvalue weighted by Crippen LogP contribution is 2.31. The zero-order valence-corrected chi connectivity index (χ0v) is 12.7. The molecule has 120 valence electrons. The van der Waals surface area contributed by atoms with Crippen LogP contribution in [0, 0.1) is 11.7 Å². The van der Waals surface area contributed by atoms with Crippen LogP contribution >= 0.6 is 0 Å². The second-order valence-electron chi connectivity index (χ2n) is 6.31. The van der Waals surface area contributed by atoms with Crippen LogP contribution in [0.4, 0.5) is 4.39 Å². The molecule has 0 aromatic heterocycles. The number of carbonyl (C=O) groups excluding carboxylic acids is 1. The van der Waals surface area contributed by atoms with Gasteiger partial charge in [-0.05, 0) is 55.8 Å². The van der Waals surface area contributed by atoms with Crippen molar-refractivity contribution in [2.75, 3.05) is 19.6 Å². The molecule has 0 aliphatic carbocycles. The number of likely N-dealkylation sites (tertiary alicyclic amines) is 1. The minimum atomic E-state index is -0.581. The fourth-order valence-electron chi connectivity index (χ4n) is 3.48. The van der Waals surface area contributed by atoms with Gasteiger partial charge in [0.1, 0.15) is 5.82 Å². The molecule has 1 aromatic carbocycles. The molecule has 2 fully saturated rings. The maximum absolute atomic E-state index is 12.9. The van der Waals surface area contributed by atoms with Crippen LogP contribution in [-0.2, 0) is 4.79 Å². The van der Waals surface area contributed by atoms with Crippen molar-refractivity contribution in [2.24, 2.45) is 5.92 Å². The first-order valence-corrected chi connectivity index (χ1v) is 8.11. The summed E-state index contributed by atoms with van der Waals surface area (Å²) in [5.74, 6) is 0.0405. The zero-order valence-electron chi connectivity index (χ0n) is 12.7. The summed E-state index contributed by atoms with van der Waals surface area (Å²) in [6.45, 7) is 2.32. The number of amides is 1. The lowest BCUT2D eigenvalue weighted by Gasteiger charge is -2.35. The van der Waals surface area contributed by atoms with E-state index in [4.69, 9.17) is 0 Å². The fraction of sp³-hybridized carbons (Fsp3) is 0.588. The molecular formula is C17H23FN2O2. The number of benzene rings is 1. The summed E-state index contributed by atoms with van der Waals surface area (Å²) in [4.78, 5) is 14.3. The molecule has 5 heteroatoms. The molecule has 0 spiro atoms. The lowest BCUT2D eigenvalue weighted by Crippen LogP contribution is -2.47. The molecule has 2 atom stereocenters. The highest BCUT2D eigenvalue weighted by Gasteiger charge is 2.32. The van der Waals surface area contributed by atoms with Crippen LogP contribution in [0.5, 0.6) is 0 Å². The zero-order chi connectivity index (χ0) is 15.5. The molecule has 2 heterocycles. The van der Waals surface area contributed by atoms with E-state index in [1.165, 1.54) is 12.1 Å². The quantitative estimate of drug-likeness (QED) is 0.896. The molecule has 4 nitrogen and oxygen atoms in total. The third kappa shape index (κ3) is 3.31. The minimum Gasteiger partial charge on any atom is -0.388 e. The lowest BCUT2D eigenvalue weighted by atomic mass is 9.87. The highest BCUT2D eigenvalue weighted by molar-refractivity contribution is 5.82. The highest BCUT2D eigenvalue weighted by atomic mass is 19.1. The second kappa shape index (κ2) is 6.75. The van der Waals surface area contributed by atoms with Gasteiger partial charge in [-0.25, -0.2) is 4.39 Å². The van der Waals surface area contributed by atoms with Gasteiger partial charge in [-0.3, -0.25) is 4.79 Å². The van der Waals surface area contributed by atoms with Crippen molar-refractivity contribution in [3.05, 3.63) is 35.6 Å². The Kier molecular flexibility index (Phi) is 4.74. The van der Waals surface area contributed by atoms with Gasteiger partial charge < -0.3 is 15.3 Å². The normalized spacial score (nSPS) is 24.5. The molecule has 0 radical (unpaired) electrons. The average Bonchev–Trinajstić information content (AvgIpc) is 3.09. The lowest BCUT2D eigenvalue weighted by molar-refractivity contribution is -0.135. The number of nitrogens with one attached hydrogen (secondary N) is 1. The first-order chi connectivity index (χ1) is 10.6. The van der Waals surface area contributed by atoms with Crippen LogP contribution in [0.2, 0.25) is 0 Å². The van der Waals surface area contributed by atoms with E-state index in [1.807, 2.05) is 4.90 Å². The van der Waals surface area contributed by atoms with Gasteiger partial charge in [-0.1, -0.05) is 12.1 Å². The van der Waals surface area contributed by atoms with Crippen molar-refractivity contribution < 1.29 is 14.3 Å². The van der Waals surface area contributed by atoms with Crippen molar-refractivity contribution in [2.45, 2.75) is 37.8 Å². The Hall–Kier alpha value is -1.46. The maximum Gasteiger partial charge on any atom is 0.239 e. The van der Waals surface area contributed by atoms with Crippen molar-refractivity contribution in [3.63, 3.8) is 0 Å². The number of hydrogen-bond donors (Lipinski definition) is 2. The molecule has 2 N–H and O–H groups in total. The molecule has 0 bridgehead atoms. The number of hydrogen-bond acceptors (Lipinski definition) is 3. The van der Waals surface area contributed by atoms with E-state index in [2.05, 4.69) is 5.32 Å². The molecular weight excluding hydrogens is 283 g/mol. The van der Waals surface area contributed by atoms with Gasteiger partial charge in [-0.15, -0.1) is 0 Å². The van der Waals surface area contributed by atoms with Gasteiger partial charge in [0.25, 0.3) is 0 Å². The standard InChI is InChI=1S/C17H23FN2O2/c18-14-5-3-12(4-6-14)16(21)13-7-10-20(11-8-13)17(22)15-2-1-9-19-15/h3-6,13,15-16,19,21H,1-2,7-11H2/t15-,16-/m1/s1. The molecule has 2 saturated heterocycles. The van der Waals surface area contributed by atoms with Crippen LogP contribution in [0.3, 0.4) is 0 Å². The summed E-state index contributed by atoms with van der Waals surface area (Å²) in [6, 6.07) is 6.02. The van der Waals surface area contributed by atoms with Gasteiger partial charge in [0.2, 0.25) is 5.91 Å². The van der Waals surface area contributed by atoms with Gasteiger partial charge >= 0.3 is 0 Å².